The number of benzene rings is 3. The van der Waals surface area contributed by atoms with Crippen molar-refractivity contribution in [3.63, 3.8) is 0 Å². The molecule has 0 bridgehead atoms. The van der Waals surface area contributed by atoms with E-state index in [-0.39, 0.29) is 11.7 Å². The molecule has 0 fully saturated rings. The van der Waals surface area contributed by atoms with Crippen LogP contribution in [0.5, 0.6) is 0 Å². The van der Waals surface area contributed by atoms with Crippen LogP contribution in [-0.2, 0) is 6.42 Å². The summed E-state index contributed by atoms with van der Waals surface area (Å²) in [6.07, 6.45) is 0.751. The van der Waals surface area contributed by atoms with Crippen molar-refractivity contribution in [1.29, 1.82) is 0 Å². The molecule has 26 heavy (non-hydrogen) atoms. The summed E-state index contributed by atoms with van der Waals surface area (Å²) in [6, 6.07) is 28.4. The molecule has 3 aromatic carbocycles. The van der Waals surface area contributed by atoms with Gasteiger partial charge in [-0.15, -0.1) is 0 Å². The van der Waals surface area contributed by atoms with Gasteiger partial charge in [0.05, 0.1) is 0 Å². The molecule has 0 aliphatic carbocycles. The van der Waals surface area contributed by atoms with E-state index < -0.39 is 0 Å². The molecular formula is C24H25NO. The molecule has 0 saturated heterocycles. The van der Waals surface area contributed by atoms with Crippen LogP contribution in [0.2, 0.25) is 0 Å². The molecule has 0 amide bonds. The van der Waals surface area contributed by atoms with E-state index in [1.165, 1.54) is 5.56 Å². The average molecular weight is 343 g/mol. The molecule has 132 valence electrons. The Labute approximate surface area is 156 Å². The summed E-state index contributed by atoms with van der Waals surface area (Å²) in [6.45, 7) is 0.733. The van der Waals surface area contributed by atoms with Crippen LogP contribution in [0.1, 0.15) is 15.9 Å². The fraction of sp³-hybridized carbons (Fsp3) is 0.208. The van der Waals surface area contributed by atoms with Gasteiger partial charge in [0.2, 0.25) is 0 Å². The molecule has 0 saturated carbocycles. The third-order valence-corrected chi connectivity index (χ3v) is 4.56. The van der Waals surface area contributed by atoms with Gasteiger partial charge in [0.1, 0.15) is 0 Å². The molecule has 0 spiro atoms. The highest BCUT2D eigenvalue weighted by atomic mass is 16.1. The summed E-state index contributed by atoms with van der Waals surface area (Å²) in [7, 11) is 4.04. The third kappa shape index (κ3) is 4.47. The number of rotatable bonds is 7. The molecule has 1 atom stereocenters. The van der Waals surface area contributed by atoms with Gasteiger partial charge in [-0.3, -0.25) is 4.79 Å². The number of ketones is 1. The topological polar surface area (TPSA) is 20.3 Å². The summed E-state index contributed by atoms with van der Waals surface area (Å²) in [5.74, 6) is 0.138. The predicted octanol–water partition coefficient (Wildman–Crippen LogP) is 4.96. The lowest BCUT2D eigenvalue weighted by molar-refractivity contribution is 0.0897. The van der Waals surface area contributed by atoms with Crippen LogP contribution in [0.4, 0.5) is 0 Å². The van der Waals surface area contributed by atoms with E-state index in [9.17, 15) is 4.79 Å². The van der Waals surface area contributed by atoms with E-state index in [0.29, 0.717) is 0 Å². The molecule has 0 aromatic heterocycles. The Bertz CT molecular complexity index is 840. The molecule has 3 aromatic rings. The number of carbonyl (C=O) groups excluding carboxylic acids is 1. The predicted molar refractivity (Wildman–Crippen MR) is 108 cm³/mol. The van der Waals surface area contributed by atoms with Crippen LogP contribution in [0.15, 0.2) is 84.9 Å². The van der Waals surface area contributed by atoms with Crippen LogP contribution < -0.4 is 0 Å². The molecule has 2 heteroatoms. The van der Waals surface area contributed by atoms with Gasteiger partial charge in [-0.25, -0.2) is 0 Å². The lowest BCUT2D eigenvalue weighted by Crippen LogP contribution is -2.30. The SMILES string of the molecule is CN(C)C[C@H](Cc1ccccc1)C(=O)c1ccccc1-c1ccccc1. The summed E-state index contributed by atoms with van der Waals surface area (Å²) >= 11 is 0. The first-order chi connectivity index (χ1) is 12.6. The number of hydrogen-bond donors (Lipinski definition) is 0. The minimum Gasteiger partial charge on any atom is -0.309 e. The summed E-state index contributed by atoms with van der Waals surface area (Å²) in [4.78, 5) is 15.5. The molecular weight excluding hydrogens is 318 g/mol. The van der Waals surface area contributed by atoms with Gasteiger partial charge in [0.15, 0.2) is 5.78 Å². The highest BCUT2D eigenvalue weighted by molar-refractivity contribution is 6.04. The third-order valence-electron chi connectivity index (χ3n) is 4.56. The van der Waals surface area contributed by atoms with Crippen molar-refractivity contribution in [3.05, 3.63) is 96.1 Å². The summed E-state index contributed by atoms with van der Waals surface area (Å²) in [5.41, 5.74) is 4.10. The molecule has 0 radical (unpaired) electrons. The van der Waals surface area contributed by atoms with E-state index in [1.807, 2.05) is 74.8 Å². The van der Waals surface area contributed by atoms with Crippen molar-refractivity contribution in [2.75, 3.05) is 20.6 Å². The molecule has 3 rings (SSSR count). The molecule has 0 unspecified atom stereocenters. The number of nitrogens with zero attached hydrogens (tertiary/aromatic N) is 1. The zero-order valence-corrected chi connectivity index (χ0v) is 15.4. The van der Waals surface area contributed by atoms with Crippen LogP contribution in [0.25, 0.3) is 11.1 Å². The molecule has 0 heterocycles. The lowest BCUT2D eigenvalue weighted by atomic mass is 9.87. The van der Waals surface area contributed by atoms with Crippen molar-refractivity contribution in [3.8, 4) is 11.1 Å². The van der Waals surface area contributed by atoms with Crippen molar-refractivity contribution in [2.24, 2.45) is 5.92 Å². The second-order valence-electron chi connectivity index (χ2n) is 6.92. The van der Waals surface area contributed by atoms with Crippen LogP contribution in [0, 0.1) is 5.92 Å². The molecule has 0 N–H and O–H groups in total. The van der Waals surface area contributed by atoms with Gasteiger partial charge >= 0.3 is 0 Å². The number of carbonyl (C=O) groups is 1. The first-order valence-corrected chi connectivity index (χ1v) is 9.02. The Morgan fingerprint density at radius 2 is 1.38 bits per heavy atom. The average Bonchev–Trinajstić information content (AvgIpc) is 2.68. The van der Waals surface area contributed by atoms with Gasteiger partial charge in [-0.2, -0.15) is 0 Å². The van der Waals surface area contributed by atoms with Crippen LogP contribution >= 0.6 is 0 Å². The Balaban J connectivity index is 1.94. The fourth-order valence-electron chi connectivity index (χ4n) is 3.37. The second kappa shape index (κ2) is 8.59. The molecule has 0 aliphatic rings. The quantitative estimate of drug-likeness (QED) is 0.565. The fourth-order valence-corrected chi connectivity index (χ4v) is 3.37. The van der Waals surface area contributed by atoms with Crippen molar-refractivity contribution in [1.82, 2.24) is 4.90 Å². The smallest absolute Gasteiger partial charge is 0.168 e. The van der Waals surface area contributed by atoms with Crippen LogP contribution in [0.3, 0.4) is 0 Å². The monoisotopic (exact) mass is 343 g/mol. The Kier molecular flexibility index (Phi) is 5.98. The maximum absolute atomic E-state index is 13.5. The van der Waals surface area contributed by atoms with Gasteiger partial charge in [0, 0.05) is 18.0 Å². The largest absolute Gasteiger partial charge is 0.309 e. The lowest BCUT2D eigenvalue weighted by Gasteiger charge is -2.21. The van der Waals surface area contributed by atoms with Gasteiger partial charge in [-0.05, 0) is 37.2 Å². The summed E-state index contributed by atoms with van der Waals surface area (Å²) < 4.78 is 0. The van der Waals surface area contributed by atoms with E-state index >= 15 is 0 Å². The normalized spacial score (nSPS) is 12.1. The maximum Gasteiger partial charge on any atom is 0.168 e. The minimum absolute atomic E-state index is 0.0720. The van der Waals surface area contributed by atoms with E-state index in [4.69, 9.17) is 0 Å². The van der Waals surface area contributed by atoms with Crippen molar-refractivity contribution in [2.45, 2.75) is 6.42 Å². The summed E-state index contributed by atoms with van der Waals surface area (Å²) in [5, 5.41) is 0. The molecule has 2 nitrogen and oxygen atoms in total. The molecule has 0 aliphatic heterocycles. The second-order valence-corrected chi connectivity index (χ2v) is 6.92. The minimum atomic E-state index is -0.0720. The Morgan fingerprint density at radius 1 is 0.808 bits per heavy atom. The first-order valence-electron chi connectivity index (χ1n) is 9.02. The van der Waals surface area contributed by atoms with Crippen LogP contribution in [-0.4, -0.2) is 31.3 Å². The van der Waals surface area contributed by atoms with Gasteiger partial charge in [-0.1, -0.05) is 84.9 Å². The number of Topliss-reactive ketones (excluding diaryl/α,β-unsaturated/α-hetero) is 1. The van der Waals surface area contributed by atoms with Crippen molar-refractivity contribution < 1.29 is 4.79 Å². The first kappa shape index (κ1) is 18.1. The van der Waals surface area contributed by atoms with Gasteiger partial charge in [0.25, 0.3) is 0 Å². The van der Waals surface area contributed by atoms with Gasteiger partial charge < -0.3 is 4.90 Å². The Morgan fingerprint density at radius 3 is 2.04 bits per heavy atom. The van der Waals surface area contributed by atoms with Crippen molar-refractivity contribution >= 4 is 5.78 Å². The highest BCUT2D eigenvalue weighted by Crippen LogP contribution is 2.27. The number of hydrogen-bond acceptors (Lipinski definition) is 2. The Hall–Kier alpha value is -2.71. The zero-order valence-electron chi connectivity index (χ0n) is 15.4. The zero-order chi connectivity index (χ0) is 18.4. The van der Waals surface area contributed by atoms with E-state index in [1.54, 1.807) is 0 Å². The maximum atomic E-state index is 13.5. The van der Waals surface area contributed by atoms with E-state index in [0.717, 1.165) is 29.7 Å². The highest BCUT2D eigenvalue weighted by Gasteiger charge is 2.23. The van der Waals surface area contributed by atoms with E-state index in [2.05, 4.69) is 29.2 Å². The standard InChI is InChI=1S/C24H25NO/c1-25(2)18-21(17-19-11-5-3-6-12-19)24(26)23-16-10-9-15-22(23)20-13-7-4-8-14-20/h3-16,21H,17-18H2,1-2H3/t21-/m0/s1.